The van der Waals surface area contributed by atoms with E-state index in [2.05, 4.69) is 15.2 Å². The van der Waals surface area contributed by atoms with Crippen LogP contribution in [-0.2, 0) is 6.42 Å². The van der Waals surface area contributed by atoms with Crippen molar-refractivity contribution >= 4 is 28.8 Å². The molecular formula is C16H15N5O2S2. The molecule has 25 heavy (non-hydrogen) atoms. The van der Waals surface area contributed by atoms with Gasteiger partial charge in [0.05, 0.1) is 14.2 Å². The summed E-state index contributed by atoms with van der Waals surface area (Å²) in [5.41, 5.74) is 2.00. The van der Waals surface area contributed by atoms with Gasteiger partial charge in [-0.05, 0) is 17.7 Å². The second-order valence-corrected chi connectivity index (χ2v) is 7.09. The third kappa shape index (κ3) is 3.12. The number of fused-ring (bicyclic) bond motifs is 1. The fraction of sp³-hybridized carbons (Fsp3) is 0.250. The fourth-order valence-corrected chi connectivity index (χ4v) is 4.06. The molecule has 0 bridgehead atoms. The molecule has 1 aromatic carbocycles. The van der Waals surface area contributed by atoms with Crippen LogP contribution < -0.4 is 9.47 Å². The van der Waals surface area contributed by atoms with Crippen LogP contribution >= 0.6 is 23.1 Å². The highest BCUT2D eigenvalue weighted by molar-refractivity contribution is 7.99. The van der Waals surface area contributed by atoms with E-state index in [1.54, 1.807) is 43.5 Å². The van der Waals surface area contributed by atoms with E-state index < -0.39 is 0 Å². The topological polar surface area (TPSA) is 74.4 Å². The Morgan fingerprint density at radius 1 is 1.16 bits per heavy atom. The van der Waals surface area contributed by atoms with E-state index in [0.717, 1.165) is 33.0 Å². The number of thiazole rings is 1. The van der Waals surface area contributed by atoms with Gasteiger partial charge in [-0.2, -0.15) is 9.78 Å². The summed E-state index contributed by atoms with van der Waals surface area (Å²) in [5, 5.41) is 16.9. The minimum atomic E-state index is 0.600. The van der Waals surface area contributed by atoms with Gasteiger partial charge in [0, 0.05) is 23.8 Å². The normalized spacial score (nSPS) is 13.3. The Balaban J connectivity index is 1.65. The zero-order valence-corrected chi connectivity index (χ0v) is 15.3. The van der Waals surface area contributed by atoms with Crippen molar-refractivity contribution in [3.8, 4) is 11.5 Å². The number of nitrogens with zero attached hydrogens (tertiary/aromatic N) is 5. The summed E-state index contributed by atoms with van der Waals surface area (Å²) in [7, 11) is 3.25. The highest BCUT2D eigenvalue weighted by Crippen LogP contribution is 2.29. The predicted octanol–water partition coefficient (Wildman–Crippen LogP) is 2.70. The first-order valence-corrected chi connectivity index (χ1v) is 9.40. The molecule has 0 saturated carbocycles. The Kier molecular flexibility index (Phi) is 4.41. The smallest absolute Gasteiger partial charge is 0.212 e. The Labute approximate surface area is 152 Å². The minimum absolute atomic E-state index is 0.600. The number of hydrogen-bond donors (Lipinski definition) is 0. The molecule has 1 aliphatic heterocycles. The molecule has 0 fully saturated rings. The van der Waals surface area contributed by atoms with Gasteiger partial charge in [0.15, 0.2) is 17.3 Å². The number of aromatic nitrogens is 4. The van der Waals surface area contributed by atoms with Crippen LogP contribution in [-0.4, -0.2) is 45.5 Å². The van der Waals surface area contributed by atoms with Crippen molar-refractivity contribution in [1.82, 2.24) is 19.9 Å². The highest BCUT2D eigenvalue weighted by atomic mass is 32.2. The molecule has 1 aliphatic rings. The molecule has 0 N–H and O–H groups in total. The molecule has 0 aliphatic carbocycles. The Morgan fingerprint density at radius 3 is 2.80 bits per heavy atom. The van der Waals surface area contributed by atoms with Crippen molar-refractivity contribution in [2.75, 3.05) is 20.0 Å². The van der Waals surface area contributed by atoms with Gasteiger partial charge in [-0.1, -0.05) is 17.8 Å². The maximum atomic E-state index is 5.37. The van der Waals surface area contributed by atoms with E-state index in [4.69, 9.17) is 14.6 Å². The molecule has 0 spiro atoms. The lowest BCUT2D eigenvalue weighted by molar-refractivity contribution is 0.354. The fourth-order valence-electron chi connectivity index (χ4n) is 2.52. The van der Waals surface area contributed by atoms with E-state index in [1.165, 1.54) is 0 Å². The maximum absolute atomic E-state index is 5.37. The van der Waals surface area contributed by atoms with E-state index in [0.29, 0.717) is 17.9 Å². The summed E-state index contributed by atoms with van der Waals surface area (Å²) < 4.78 is 12.5. The zero-order chi connectivity index (χ0) is 17.2. The first-order chi connectivity index (χ1) is 12.3. The van der Waals surface area contributed by atoms with Crippen molar-refractivity contribution in [1.29, 1.82) is 0 Å². The Bertz CT molecular complexity index is 921. The number of hydrogen-bond acceptors (Lipinski definition) is 8. The maximum Gasteiger partial charge on any atom is 0.212 e. The van der Waals surface area contributed by atoms with Gasteiger partial charge in [-0.15, -0.1) is 21.5 Å². The number of ether oxygens (including phenoxy) is 2. The van der Waals surface area contributed by atoms with Gasteiger partial charge in [0.25, 0.3) is 0 Å². The summed E-state index contributed by atoms with van der Waals surface area (Å²) in [6, 6.07) is 5.83. The molecule has 0 saturated heterocycles. The van der Waals surface area contributed by atoms with Crippen LogP contribution in [0.15, 0.2) is 40.0 Å². The molecule has 0 radical (unpaired) electrons. The molecule has 7 nitrogen and oxygen atoms in total. The Hall–Kier alpha value is -2.39. The number of benzene rings is 1. The van der Waals surface area contributed by atoms with Crippen LogP contribution in [0.4, 0.5) is 0 Å². The molecule has 3 heterocycles. The second kappa shape index (κ2) is 6.85. The zero-order valence-electron chi connectivity index (χ0n) is 13.7. The molecule has 0 amide bonds. The van der Waals surface area contributed by atoms with E-state index >= 15 is 0 Å². The van der Waals surface area contributed by atoms with Gasteiger partial charge in [0.1, 0.15) is 10.7 Å². The third-order valence-electron chi connectivity index (χ3n) is 3.72. The molecule has 4 rings (SSSR count). The number of rotatable bonds is 5. The van der Waals surface area contributed by atoms with Crippen LogP contribution in [0.1, 0.15) is 16.4 Å². The van der Waals surface area contributed by atoms with Crippen molar-refractivity contribution in [3.63, 3.8) is 0 Å². The Morgan fingerprint density at radius 2 is 2.04 bits per heavy atom. The van der Waals surface area contributed by atoms with Crippen molar-refractivity contribution in [2.24, 2.45) is 5.10 Å². The number of thioether (sulfide) groups is 1. The summed E-state index contributed by atoms with van der Waals surface area (Å²) in [4.78, 5) is 4.34. The monoisotopic (exact) mass is 373 g/mol. The highest BCUT2D eigenvalue weighted by Gasteiger charge is 2.21. The van der Waals surface area contributed by atoms with Gasteiger partial charge < -0.3 is 9.47 Å². The molecule has 128 valence electrons. The molecular weight excluding hydrogens is 358 g/mol. The van der Waals surface area contributed by atoms with Crippen molar-refractivity contribution in [3.05, 3.63) is 46.2 Å². The summed E-state index contributed by atoms with van der Waals surface area (Å²) in [6.07, 6.45) is 2.39. The first kappa shape index (κ1) is 16.1. The third-order valence-corrected chi connectivity index (χ3v) is 5.48. The molecule has 9 heteroatoms. The quantitative estimate of drug-likeness (QED) is 0.685. The number of methoxy groups -OCH3 is 2. The average Bonchev–Trinajstić information content (AvgIpc) is 3.31. The van der Waals surface area contributed by atoms with Gasteiger partial charge >= 0.3 is 0 Å². The lowest BCUT2D eigenvalue weighted by Gasteiger charge is -2.12. The second-order valence-electron chi connectivity index (χ2n) is 5.25. The molecule has 2 aromatic heterocycles. The van der Waals surface area contributed by atoms with Crippen LogP contribution in [0.25, 0.3) is 0 Å². The van der Waals surface area contributed by atoms with E-state index in [-0.39, 0.29) is 0 Å². The van der Waals surface area contributed by atoms with E-state index in [9.17, 15) is 0 Å². The van der Waals surface area contributed by atoms with Crippen molar-refractivity contribution < 1.29 is 9.47 Å². The standard InChI is InChI=1S/C16H15N5O2S2/c1-22-12-4-3-10(7-13(12)23-2)8-14-18-19-16-21(14)20-11(9-25-16)15-17-5-6-24-15/h3-7H,8-9H2,1-2H3. The van der Waals surface area contributed by atoms with E-state index in [1.807, 2.05) is 28.3 Å². The SMILES string of the molecule is COc1ccc(Cc2nnc3n2N=C(c2nccs2)CS3)cc1OC. The lowest BCUT2D eigenvalue weighted by Crippen LogP contribution is -2.14. The van der Waals surface area contributed by atoms with Crippen LogP contribution in [0.5, 0.6) is 11.5 Å². The van der Waals surface area contributed by atoms with Crippen molar-refractivity contribution in [2.45, 2.75) is 11.6 Å². The van der Waals surface area contributed by atoms with Gasteiger partial charge in [-0.3, -0.25) is 0 Å². The van der Waals surface area contributed by atoms with Gasteiger partial charge in [-0.25, -0.2) is 4.98 Å². The molecule has 3 aromatic rings. The minimum Gasteiger partial charge on any atom is -0.493 e. The summed E-state index contributed by atoms with van der Waals surface area (Å²) in [6.45, 7) is 0. The summed E-state index contributed by atoms with van der Waals surface area (Å²) in [5.74, 6) is 2.93. The molecule has 0 unspecified atom stereocenters. The largest absolute Gasteiger partial charge is 0.493 e. The van der Waals surface area contributed by atoms with Crippen LogP contribution in [0.3, 0.4) is 0 Å². The average molecular weight is 373 g/mol. The lowest BCUT2D eigenvalue weighted by atomic mass is 10.1. The summed E-state index contributed by atoms with van der Waals surface area (Å²) >= 11 is 3.21. The molecule has 0 atom stereocenters. The first-order valence-electron chi connectivity index (χ1n) is 7.54. The van der Waals surface area contributed by atoms with Crippen LogP contribution in [0.2, 0.25) is 0 Å². The van der Waals surface area contributed by atoms with Gasteiger partial charge in [0.2, 0.25) is 5.16 Å². The predicted molar refractivity (Wildman–Crippen MR) is 97.1 cm³/mol. The van der Waals surface area contributed by atoms with Crippen LogP contribution in [0, 0.1) is 0 Å².